The third kappa shape index (κ3) is 4.46. The first-order valence-electron chi connectivity index (χ1n) is 8.18. The Balaban J connectivity index is 2.00. The van der Waals surface area contributed by atoms with E-state index in [1.54, 1.807) is 6.07 Å². The van der Waals surface area contributed by atoms with Crippen LogP contribution in [0.2, 0.25) is 0 Å². The zero-order valence-electron chi connectivity index (χ0n) is 15.4. The van der Waals surface area contributed by atoms with Crippen molar-refractivity contribution in [3.8, 4) is 0 Å². The number of aromatic amines is 1. The highest BCUT2D eigenvalue weighted by Gasteiger charge is 2.23. The molecule has 0 fully saturated rings. The maximum absolute atomic E-state index is 12.8. The van der Waals surface area contributed by atoms with Crippen molar-refractivity contribution in [1.29, 1.82) is 0 Å². The first kappa shape index (κ1) is 20.6. The number of nitrogens with zero attached hydrogens (tertiary/aromatic N) is 1. The summed E-state index contributed by atoms with van der Waals surface area (Å²) in [5.74, 6) is -0.554. The Kier molecular flexibility index (Phi) is 5.44. The van der Waals surface area contributed by atoms with Crippen molar-refractivity contribution in [2.75, 3.05) is 18.1 Å². The van der Waals surface area contributed by atoms with E-state index in [2.05, 4.69) is 19.7 Å². The van der Waals surface area contributed by atoms with Gasteiger partial charge in [0.05, 0.1) is 23.2 Å². The zero-order valence-corrected chi connectivity index (χ0v) is 17.0. The molecule has 0 bridgehead atoms. The van der Waals surface area contributed by atoms with Crippen molar-refractivity contribution < 1.29 is 26.4 Å². The summed E-state index contributed by atoms with van der Waals surface area (Å²) in [5.41, 5.74) is 1.23. The number of ether oxygens (including phenoxy) is 1. The van der Waals surface area contributed by atoms with E-state index in [1.807, 2.05) is 0 Å². The lowest BCUT2D eigenvalue weighted by molar-refractivity contribution is -0.134. The van der Waals surface area contributed by atoms with Crippen molar-refractivity contribution in [3.63, 3.8) is 0 Å². The van der Waals surface area contributed by atoms with Gasteiger partial charge in [-0.2, -0.15) is 5.10 Å². The Morgan fingerprint density at radius 1 is 1.10 bits per heavy atom. The number of anilines is 1. The van der Waals surface area contributed by atoms with Gasteiger partial charge in [0.2, 0.25) is 0 Å². The Morgan fingerprint density at radius 2 is 1.79 bits per heavy atom. The van der Waals surface area contributed by atoms with E-state index in [4.69, 9.17) is 0 Å². The molecular weight excluding hydrogens is 418 g/mol. The van der Waals surface area contributed by atoms with E-state index in [0.29, 0.717) is 16.6 Å². The van der Waals surface area contributed by atoms with Gasteiger partial charge in [0, 0.05) is 23.4 Å². The largest absolute Gasteiger partial charge is 0.466 e. The number of nitrogens with one attached hydrogen (secondary N) is 2. The number of carbonyl (C=O) groups excluding carboxylic acids is 1. The lowest BCUT2D eigenvalue weighted by Crippen LogP contribution is -2.16. The van der Waals surface area contributed by atoms with Crippen LogP contribution in [0.4, 0.5) is 5.69 Å². The van der Waals surface area contributed by atoms with Crippen molar-refractivity contribution in [1.82, 2.24) is 10.2 Å². The molecule has 1 aromatic heterocycles. The minimum atomic E-state index is -4.17. The maximum atomic E-state index is 12.8. The van der Waals surface area contributed by atoms with Crippen molar-refractivity contribution >= 4 is 48.5 Å². The zero-order chi connectivity index (χ0) is 21.2. The summed E-state index contributed by atoms with van der Waals surface area (Å²) in [6, 6.07) is 9.96. The quantitative estimate of drug-likeness (QED) is 0.446. The summed E-state index contributed by atoms with van der Waals surface area (Å²) < 4.78 is 56.4. The summed E-state index contributed by atoms with van der Waals surface area (Å²) in [7, 11) is -6.67. The van der Waals surface area contributed by atoms with Gasteiger partial charge < -0.3 is 4.74 Å². The van der Waals surface area contributed by atoms with Gasteiger partial charge in [-0.25, -0.2) is 21.6 Å². The number of rotatable bonds is 6. The van der Waals surface area contributed by atoms with E-state index in [1.165, 1.54) is 55.7 Å². The molecule has 0 radical (unpaired) electrons. The van der Waals surface area contributed by atoms with E-state index in [9.17, 15) is 21.6 Å². The second-order valence-electron chi connectivity index (χ2n) is 6.05. The number of sulfonamides is 1. The molecule has 0 saturated carbocycles. The van der Waals surface area contributed by atoms with Crippen LogP contribution in [0.25, 0.3) is 17.0 Å². The van der Waals surface area contributed by atoms with E-state index in [-0.39, 0.29) is 15.5 Å². The summed E-state index contributed by atoms with van der Waals surface area (Å²) in [6.07, 6.45) is 3.60. The molecule has 11 heteroatoms. The van der Waals surface area contributed by atoms with Crippen LogP contribution in [-0.2, 0) is 29.4 Å². The number of hydrogen-bond acceptors (Lipinski definition) is 7. The molecule has 152 valence electrons. The number of aromatic nitrogens is 2. The van der Waals surface area contributed by atoms with Gasteiger partial charge in [0.1, 0.15) is 4.90 Å². The Labute approximate surface area is 167 Å². The average Bonchev–Trinajstić information content (AvgIpc) is 3.07. The highest BCUT2D eigenvalue weighted by atomic mass is 32.2. The van der Waals surface area contributed by atoms with E-state index >= 15 is 0 Å². The SMILES string of the molecule is COC(=O)C=Cc1[nH]nc2ccc(NS(=O)(=O)c3ccccc3S(C)(=O)=O)cc12. The minimum Gasteiger partial charge on any atom is -0.466 e. The van der Waals surface area contributed by atoms with E-state index < -0.39 is 25.8 Å². The Morgan fingerprint density at radius 3 is 2.45 bits per heavy atom. The number of sulfone groups is 1. The van der Waals surface area contributed by atoms with Crippen LogP contribution in [0.15, 0.2) is 58.3 Å². The van der Waals surface area contributed by atoms with Crippen LogP contribution in [-0.4, -0.2) is 46.4 Å². The highest BCUT2D eigenvalue weighted by molar-refractivity contribution is 7.95. The molecule has 0 atom stereocenters. The fraction of sp³-hybridized carbons (Fsp3) is 0.111. The predicted octanol–water partition coefficient (Wildman–Crippen LogP) is 1.95. The van der Waals surface area contributed by atoms with Crippen LogP contribution < -0.4 is 4.72 Å². The lowest BCUT2D eigenvalue weighted by atomic mass is 10.2. The van der Waals surface area contributed by atoms with Gasteiger partial charge in [-0.05, 0) is 36.4 Å². The molecule has 1 heterocycles. The van der Waals surface area contributed by atoms with Crippen molar-refractivity contribution in [2.45, 2.75) is 9.79 Å². The summed E-state index contributed by atoms with van der Waals surface area (Å²) >= 11 is 0. The molecule has 0 aliphatic heterocycles. The van der Waals surface area contributed by atoms with Gasteiger partial charge >= 0.3 is 5.97 Å². The van der Waals surface area contributed by atoms with Gasteiger partial charge in [-0.1, -0.05) is 12.1 Å². The number of esters is 1. The van der Waals surface area contributed by atoms with Crippen molar-refractivity contribution in [3.05, 3.63) is 54.2 Å². The van der Waals surface area contributed by atoms with Gasteiger partial charge in [0.25, 0.3) is 10.0 Å². The fourth-order valence-corrected chi connectivity index (χ4v) is 5.31. The van der Waals surface area contributed by atoms with E-state index in [0.717, 1.165) is 6.26 Å². The molecule has 29 heavy (non-hydrogen) atoms. The summed E-state index contributed by atoms with van der Waals surface area (Å²) in [6.45, 7) is 0. The molecule has 0 unspecified atom stereocenters. The van der Waals surface area contributed by atoms with Crippen LogP contribution >= 0.6 is 0 Å². The number of carbonyl (C=O) groups is 1. The average molecular weight is 435 g/mol. The maximum Gasteiger partial charge on any atom is 0.330 e. The highest BCUT2D eigenvalue weighted by Crippen LogP contribution is 2.26. The third-order valence-corrected chi connectivity index (χ3v) is 6.68. The molecule has 0 aliphatic rings. The van der Waals surface area contributed by atoms with Crippen LogP contribution in [0, 0.1) is 0 Å². The topological polar surface area (TPSA) is 135 Å². The number of fused-ring (bicyclic) bond motifs is 1. The molecular formula is C18H17N3O6S2. The minimum absolute atomic E-state index is 0.204. The summed E-state index contributed by atoms with van der Waals surface area (Å²) in [5, 5.41) is 7.38. The fourth-order valence-electron chi connectivity index (χ4n) is 2.63. The van der Waals surface area contributed by atoms with Crippen LogP contribution in [0.3, 0.4) is 0 Å². The third-order valence-electron chi connectivity index (χ3n) is 3.96. The first-order chi connectivity index (χ1) is 13.6. The summed E-state index contributed by atoms with van der Waals surface area (Å²) in [4.78, 5) is 10.6. The Hall–Kier alpha value is -3.18. The second kappa shape index (κ2) is 7.68. The van der Waals surface area contributed by atoms with Crippen molar-refractivity contribution in [2.24, 2.45) is 0 Å². The number of H-pyrrole nitrogens is 1. The molecule has 0 spiro atoms. The van der Waals surface area contributed by atoms with Gasteiger partial charge in [-0.15, -0.1) is 0 Å². The standard InChI is InChI=1S/C18H17N3O6S2/c1-27-18(22)10-9-15-13-11-12(7-8-14(13)19-20-15)21-29(25,26)17-6-4-3-5-16(17)28(2,23)24/h3-11,21H,1-2H3,(H,19,20). The smallest absolute Gasteiger partial charge is 0.330 e. The Bertz CT molecular complexity index is 1320. The number of benzene rings is 2. The van der Waals surface area contributed by atoms with Crippen LogP contribution in [0.5, 0.6) is 0 Å². The number of hydrogen-bond donors (Lipinski definition) is 2. The monoisotopic (exact) mass is 435 g/mol. The molecule has 9 nitrogen and oxygen atoms in total. The molecule has 2 aromatic carbocycles. The molecule has 3 rings (SSSR count). The normalized spacial score (nSPS) is 12.3. The second-order valence-corrected chi connectivity index (χ2v) is 9.69. The first-order valence-corrected chi connectivity index (χ1v) is 11.6. The van der Waals surface area contributed by atoms with Gasteiger partial charge in [-0.3, -0.25) is 9.82 Å². The number of methoxy groups -OCH3 is 1. The predicted molar refractivity (Wildman–Crippen MR) is 108 cm³/mol. The molecule has 0 aliphatic carbocycles. The molecule has 3 aromatic rings. The molecule has 0 amide bonds. The lowest BCUT2D eigenvalue weighted by Gasteiger charge is -2.11. The van der Waals surface area contributed by atoms with Gasteiger partial charge in [0.15, 0.2) is 9.84 Å². The van der Waals surface area contributed by atoms with Crippen LogP contribution in [0.1, 0.15) is 5.69 Å². The molecule has 0 saturated heterocycles. The molecule has 2 N–H and O–H groups in total.